The predicted molar refractivity (Wildman–Crippen MR) is 151 cm³/mol. The lowest BCUT2D eigenvalue weighted by molar-refractivity contribution is 0.0938. The summed E-state index contributed by atoms with van der Waals surface area (Å²) >= 11 is 1.52. The number of benzene rings is 3. The van der Waals surface area contributed by atoms with Crippen LogP contribution in [0.2, 0.25) is 0 Å². The van der Waals surface area contributed by atoms with E-state index in [2.05, 4.69) is 20.9 Å². The molecule has 5 aromatic rings. The fraction of sp³-hybridized carbons (Fsp3) is 0.100. The Morgan fingerprint density at radius 3 is 2.41 bits per heavy atom. The second-order valence-electron chi connectivity index (χ2n) is 8.77. The van der Waals surface area contributed by atoms with E-state index >= 15 is 0 Å². The van der Waals surface area contributed by atoms with Crippen LogP contribution in [0, 0.1) is 6.92 Å². The van der Waals surface area contributed by atoms with Crippen LogP contribution in [0.15, 0.2) is 96.5 Å². The van der Waals surface area contributed by atoms with E-state index in [1.807, 2.05) is 98.1 Å². The van der Waals surface area contributed by atoms with Crippen LogP contribution in [0.25, 0.3) is 10.1 Å². The highest BCUT2D eigenvalue weighted by atomic mass is 32.1. The van der Waals surface area contributed by atoms with Gasteiger partial charge in [-0.2, -0.15) is 0 Å². The standard InChI is InChI=1S/C30H26N4O2S/c1-19-10-6-8-14-25(19)33-28-26(34-30(36)24-18-37-27-15-9-7-13-23(24)27)16-22(17-31-28)29(35)32-20(2)21-11-4-3-5-12-21/h3-18,20H,1-2H3,(H,31,33)(H,32,35)(H,34,36). The van der Waals surface area contributed by atoms with E-state index < -0.39 is 0 Å². The first kappa shape index (κ1) is 24.2. The number of para-hydroxylation sites is 1. The zero-order valence-corrected chi connectivity index (χ0v) is 21.3. The molecule has 0 aliphatic carbocycles. The second kappa shape index (κ2) is 10.6. The molecule has 3 aromatic carbocycles. The third-order valence-corrected chi connectivity index (χ3v) is 7.13. The van der Waals surface area contributed by atoms with E-state index in [1.54, 1.807) is 6.07 Å². The molecule has 0 fully saturated rings. The molecule has 7 heteroatoms. The molecule has 2 aromatic heterocycles. The number of aryl methyl sites for hydroxylation is 1. The number of anilines is 3. The van der Waals surface area contributed by atoms with Gasteiger partial charge in [0, 0.05) is 27.4 Å². The van der Waals surface area contributed by atoms with E-state index in [0.29, 0.717) is 22.6 Å². The van der Waals surface area contributed by atoms with Gasteiger partial charge >= 0.3 is 0 Å². The minimum absolute atomic E-state index is 0.186. The first-order chi connectivity index (χ1) is 18.0. The number of aromatic nitrogens is 1. The van der Waals surface area contributed by atoms with Crippen molar-refractivity contribution in [3.63, 3.8) is 0 Å². The summed E-state index contributed by atoms with van der Waals surface area (Å²) in [7, 11) is 0. The van der Waals surface area contributed by atoms with E-state index in [-0.39, 0.29) is 17.9 Å². The second-order valence-corrected chi connectivity index (χ2v) is 9.68. The van der Waals surface area contributed by atoms with Crippen LogP contribution in [0.3, 0.4) is 0 Å². The molecular formula is C30H26N4O2S. The van der Waals surface area contributed by atoms with Gasteiger partial charge in [0.15, 0.2) is 5.82 Å². The van der Waals surface area contributed by atoms with Crippen molar-refractivity contribution >= 4 is 50.4 Å². The van der Waals surface area contributed by atoms with Crippen molar-refractivity contribution in [1.29, 1.82) is 0 Å². The largest absolute Gasteiger partial charge is 0.345 e. The lowest BCUT2D eigenvalue weighted by Crippen LogP contribution is -2.27. The Morgan fingerprint density at radius 1 is 0.865 bits per heavy atom. The van der Waals surface area contributed by atoms with Gasteiger partial charge in [-0.3, -0.25) is 9.59 Å². The molecule has 37 heavy (non-hydrogen) atoms. The number of pyridine rings is 1. The van der Waals surface area contributed by atoms with Gasteiger partial charge in [-0.15, -0.1) is 11.3 Å². The summed E-state index contributed by atoms with van der Waals surface area (Å²) in [6, 6.07) is 26.8. The van der Waals surface area contributed by atoms with Crippen molar-refractivity contribution in [2.45, 2.75) is 19.9 Å². The van der Waals surface area contributed by atoms with Crippen LogP contribution < -0.4 is 16.0 Å². The summed E-state index contributed by atoms with van der Waals surface area (Å²) < 4.78 is 1.03. The van der Waals surface area contributed by atoms with Gasteiger partial charge in [-0.1, -0.05) is 66.7 Å². The Kier molecular flexibility index (Phi) is 6.96. The zero-order valence-electron chi connectivity index (χ0n) is 20.5. The molecule has 0 spiro atoms. The number of fused-ring (bicyclic) bond motifs is 1. The summed E-state index contributed by atoms with van der Waals surface area (Å²) in [5.74, 6) is -0.0834. The Balaban J connectivity index is 1.46. The number of nitrogens with zero attached hydrogens (tertiary/aromatic N) is 1. The molecule has 5 rings (SSSR count). The maximum Gasteiger partial charge on any atom is 0.257 e. The quantitative estimate of drug-likeness (QED) is 0.220. The first-order valence-electron chi connectivity index (χ1n) is 12.0. The lowest BCUT2D eigenvalue weighted by Gasteiger charge is -2.17. The minimum atomic E-state index is -0.275. The van der Waals surface area contributed by atoms with Crippen LogP contribution in [-0.4, -0.2) is 16.8 Å². The Hall–Kier alpha value is -4.49. The van der Waals surface area contributed by atoms with Crippen molar-refractivity contribution in [3.05, 3.63) is 119 Å². The molecule has 0 saturated carbocycles. The molecule has 184 valence electrons. The molecule has 0 aliphatic heterocycles. The molecule has 1 atom stereocenters. The molecule has 0 saturated heterocycles. The number of thiophene rings is 1. The van der Waals surface area contributed by atoms with Crippen LogP contribution in [0.5, 0.6) is 0 Å². The predicted octanol–water partition coefficient (Wildman–Crippen LogP) is 7.09. The average Bonchev–Trinajstić information content (AvgIpc) is 3.36. The summed E-state index contributed by atoms with van der Waals surface area (Å²) in [6.45, 7) is 3.92. The smallest absolute Gasteiger partial charge is 0.257 e. The third kappa shape index (κ3) is 5.37. The molecule has 6 nitrogen and oxygen atoms in total. The number of hydrogen-bond acceptors (Lipinski definition) is 5. The number of rotatable bonds is 7. The summed E-state index contributed by atoms with van der Waals surface area (Å²) in [4.78, 5) is 31.0. The highest BCUT2D eigenvalue weighted by Crippen LogP contribution is 2.30. The van der Waals surface area contributed by atoms with Crippen molar-refractivity contribution in [1.82, 2.24) is 10.3 Å². The van der Waals surface area contributed by atoms with E-state index in [9.17, 15) is 9.59 Å². The topological polar surface area (TPSA) is 83.1 Å². The van der Waals surface area contributed by atoms with E-state index in [4.69, 9.17) is 0 Å². The molecule has 0 bridgehead atoms. The van der Waals surface area contributed by atoms with Gasteiger partial charge in [0.25, 0.3) is 11.8 Å². The number of amides is 2. The number of carbonyl (C=O) groups excluding carboxylic acids is 2. The minimum Gasteiger partial charge on any atom is -0.345 e. The summed E-state index contributed by atoms with van der Waals surface area (Å²) in [5, 5.41) is 12.0. The third-order valence-electron chi connectivity index (χ3n) is 6.17. The Bertz CT molecular complexity index is 1580. The molecule has 2 heterocycles. The molecule has 2 amide bonds. The van der Waals surface area contributed by atoms with Gasteiger partial charge in [0.1, 0.15) is 0 Å². The lowest BCUT2D eigenvalue weighted by atomic mass is 10.1. The van der Waals surface area contributed by atoms with E-state index in [1.165, 1.54) is 17.5 Å². The number of nitrogens with one attached hydrogen (secondary N) is 3. The monoisotopic (exact) mass is 506 g/mol. The molecule has 1 unspecified atom stereocenters. The fourth-order valence-electron chi connectivity index (χ4n) is 4.07. The fourth-order valence-corrected chi connectivity index (χ4v) is 5.01. The van der Waals surface area contributed by atoms with Crippen LogP contribution in [-0.2, 0) is 0 Å². The molecule has 0 radical (unpaired) electrons. The Morgan fingerprint density at radius 2 is 1.59 bits per heavy atom. The van der Waals surface area contributed by atoms with Gasteiger partial charge in [-0.05, 0) is 43.2 Å². The highest BCUT2D eigenvalue weighted by molar-refractivity contribution is 7.17. The number of hydrogen-bond donors (Lipinski definition) is 3. The van der Waals surface area contributed by atoms with Crippen molar-refractivity contribution in [2.75, 3.05) is 10.6 Å². The Labute approximate surface area is 219 Å². The van der Waals surface area contributed by atoms with Gasteiger partial charge in [0.05, 0.1) is 22.9 Å². The SMILES string of the molecule is Cc1ccccc1Nc1ncc(C(=O)NC(C)c2ccccc2)cc1NC(=O)c1csc2ccccc12. The molecule has 0 aliphatic rings. The normalized spacial score (nSPS) is 11.6. The summed E-state index contributed by atoms with van der Waals surface area (Å²) in [6.07, 6.45) is 1.52. The molecular weight excluding hydrogens is 480 g/mol. The van der Waals surface area contributed by atoms with Gasteiger partial charge < -0.3 is 16.0 Å². The van der Waals surface area contributed by atoms with Crippen LogP contribution in [0.4, 0.5) is 17.2 Å². The summed E-state index contributed by atoms with van der Waals surface area (Å²) in [5.41, 5.74) is 4.24. The van der Waals surface area contributed by atoms with Crippen LogP contribution in [0.1, 0.15) is 44.8 Å². The van der Waals surface area contributed by atoms with Gasteiger partial charge in [0.2, 0.25) is 0 Å². The van der Waals surface area contributed by atoms with Crippen molar-refractivity contribution < 1.29 is 9.59 Å². The highest BCUT2D eigenvalue weighted by Gasteiger charge is 2.18. The number of carbonyl (C=O) groups is 2. The maximum absolute atomic E-state index is 13.3. The maximum atomic E-state index is 13.3. The first-order valence-corrected chi connectivity index (χ1v) is 12.8. The van der Waals surface area contributed by atoms with Crippen molar-refractivity contribution in [3.8, 4) is 0 Å². The van der Waals surface area contributed by atoms with Crippen molar-refractivity contribution in [2.24, 2.45) is 0 Å². The van der Waals surface area contributed by atoms with Crippen LogP contribution >= 0.6 is 11.3 Å². The average molecular weight is 507 g/mol. The van der Waals surface area contributed by atoms with Gasteiger partial charge in [-0.25, -0.2) is 4.98 Å². The molecule has 3 N–H and O–H groups in total. The van der Waals surface area contributed by atoms with E-state index in [0.717, 1.165) is 26.9 Å². The zero-order chi connectivity index (χ0) is 25.8.